The number of hydrazine groups is 1. The first-order chi connectivity index (χ1) is 13.8. The van der Waals surface area contributed by atoms with Gasteiger partial charge in [0.15, 0.2) is 0 Å². The number of carbonyl (C=O) groups excluding carboxylic acids is 1. The van der Waals surface area contributed by atoms with Crippen LogP contribution in [0.3, 0.4) is 0 Å². The van der Waals surface area contributed by atoms with Crippen LogP contribution in [0.15, 0.2) is 53.3 Å². The van der Waals surface area contributed by atoms with Crippen LogP contribution < -0.4 is 16.2 Å². The fourth-order valence-electron chi connectivity index (χ4n) is 2.75. The fraction of sp³-hybridized carbons (Fsp3) is 0.105. The molecule has 3 rings (SSSR count). The molecule has 0 saturated heterocycles. The third-order valence-corrected chi connectivity index (χ3v) is 4.59. The van der Waals surface area contributed by atoms with E-state index >= 15 is 0 Å². The largest absolute Gasteiger partial charge is 0.355 e. The van der Waals surface area contributed by atoms with E-state index in [1.165, 1.54) is 6.33 Å². The Labute approximate surface area is 174 Å². The minimum Gasteiger partial charge on any atom is -0.334 e. The van der Waals surface area contributed by atoms with Crippen molar-refractivity contribution >= 4 is 44.8 Å². The first-order valence-corrected chi connectivity index (χ1v) is 9.30. The molecule has 0 spiro atoms. The van der Waals surface area contributed by atoms with Crippen molar-refractivity contribution in [2.45, 2.75) is 13.8 Å². The molecule has 3 aromatic rings. The SMILES string of the molecule is Cc1cc(C)cc(Nc2ncnc(NNC(=O)c3ccccc3Br)c2[N+](=O)[O-])c1. The van der Waals surface area contributed by atoms with Gasteiger partial charge in [-0.3, -0.25) is 25.8 Å². The molecule has 1 heterocycles. The highest BCUT2D eigenvalue weighted by atomic mass is 79.9. The molecule has 0 radical (unpaired) electrons. The molecule has 1 amide bonds. The van der Waals surface area contributed by atoms with Gasteiger partial charge in [-0.25, -0.2) is 9.97 Å². The van der Waals surface area contributed by atoms with Crippen molar-refractivity contribution in [2.24, 2.45) is 0 Å². The van der Waals surface area contributed by atoms with Crippen LogP contribution in [0, 0.1) is 24.0 Å². The van der Waals surface area contributed by atoms with Crippen molar-refractivity contribution in [1.82, 2.24) is 15.4 Å². The third-order valence-electron chi connectivity index (χ3n) is 3.90. The number of aryl methyl sites for hydroxylation is 2. The van der Waals surface area contributed by atoms with Gasteiger partial charge in [0, 0.05) is 10.2 Å². The number of rotatable bonds is 6. The van der Waals surface area contributed by atoms with Crippen molar-refractivity contribution < 1.29 is 9.72 Å². The van der Waals surface area contributed by atoms with Crippen LogP contribution in [0.5, 0.6) is 0 Å². The van der Waals surface area contributed by atoms with Crippen LogP contribution in [0.4, 0.5) is 23.0 Å². The molecule has 2 aromatic carbocycles. The normalized spacial score (nSPS) is 10.3. The van der Waals surface area contributed by atoms with E-state index in [0.29, 0.717) is 15.7 Å². The standard InChI is InChI=1S/C19H17BrN6O3/c1-11-7-12(2)9-13(8-11)23-17-16(26(28)29)18(22-10-21-17)24-25-19(27)14-5-3-4-6-15(14)20/h3-10H,1-2H3,(H,25,27)(H2,21,22,23,24). The lowest BCUT2D eigenvalue weighted by Crippen LogP contribution is -2.30. The van der Waals surface area contributed by atoms with Crippen molar-refractivity contribution in [3.63, 3.8) is 0 Å². The number of nitro groups is 1. The number of halogens is 1. The van der Waals surface area contributed by atoms with Gasteiger partial charge in [0.05, 0.1) is 10.5 Å². The summed E-state index contributed by atoms with van der Waals surface area (Å²) in [6.07, 6.45) is 1.17. The average Bonchev–Trinajstić information content (AvgIpc) is 2.65. The molecule has 0 atom stereocenters. The Balaban J connectivity index is 1.86. The molecule has 3 N–H and O–H groups in total. The van der Waals surface area contributed by atoms with E-state index < -0.39 is 10.8 Å². The molecular weight excluding hydrogens is 440 g/mol. The van der Waals surface area contributed by atoms with Crippen LogP contribution in [0.2, 0.25) is 0 Å². The molecule has 0 aliphatic rings. The number of aromatic nitrogens is 2. The molecule has 0 aliphatic heterocycles. The number of anilines is 3. The zero-order valence-corrected chi connectivity index (χ0v) is 17.1. The second kappa shape index (κ2) is 8.65. The highest BCUT2D eigenvalue weighted by Gasteiger charge is 2.24. The summed E-state index contributed by atoms with van der Waals surface area (Å²) in [6.45, 7) is 3.85. The monoisotopic (exact) mass is 456 g/mol. The Morgan fingerprint density at radius 1 is 1.07 bits per heavy atom. The van der Waals surface area contributed by atoms with Crippen molar-refractivity contribution in [3.8, 4) is 0 Å². The lowest BCUT2D eigenvalue weighted by Gasteiger charge is -2.12. The maximum absolute atomic E-state index is 12.3. The van der Waals surface area contributed by atoms with Crippen molar-refractivity contribution in [1.29, 1.82) is 0 Å². The first kappa shape index (κ1) is 20.2. The Hall–Kier alpha value is -3.53. The lowest BCUT2D eigenvalue weighted by molar-refractivity contribution is -0.383. The molecule has 148 valence electrons. The summed E-state index contributed by atoms with van der Waals surface area (Å²) in [6, 6.07) is 12.5. The molecule has 0 fully saturated rings. The zero-order chi connectivity index (χ0) is 21.0. The van der Waals surface area contributed by atoms with Crippen LogP contribution in [-0.4, -0.2) is 20.8 Å². The van der Waals surface area contributed by atoms with E-state index in [9.17, 15) is 14.9 Å². The average molecular weight is 457 g/mol. The van der Waals surface area contributed by atoms with E-state index in [0.717, 1.165) is 11.1 Å². The highest BCUT2D eigenvalue weighted by molar-refractivity contribution is 9.10. The van der Waals surface area contributed by atoms with Gasteiger partial charge in [-0.15, -0.1) is 0 Å². The maximum Gasteiger partial charge on any atom is 0.355 e. The van der Waals surface area contributed by atoms with Gasteiger partial charge in [-0.05, 0) is 65.2 Å². The molecule has 0 saturated carbocycles. The number of amides is 1. The number of hydrogen-bond acceptors (Lipinski definition) is 7. The first-order valence-electron chi connectivity index (χ1n) is 8.50. The van der Waals surface area contributed by atoms with Gasteiger partial charge in [0.1, 0.15) is 6.33 Å². The van der Waals surface area contributed by atoms with E-state index in [1.54, 1.807) is 24.3 Å². The Morgan fingerprint density at radius 3 is 2.38 bits per heavy atom. The molecule has 10 heteroatoms. The molecule has 1 aromatic heterocycles. The molecule has 0 unspecified atom stereocenters. The van der Waals surface area contributed by atoms with E-state index in [-0.39, 0.29) is 17.3 Å². The number of nitrogens with zero attached hydrogens (tertiary/aromatic N) is 3. The minimum atomic E-state index is -0.613. The summed E-state index contributed by atoms with van der Waals surface area (Å²) in [7, 11) is 0. The molecular formula is C19H17BrN6O3. The highest BCUT2D eigenvalue weighted by Crippen LogP contribution is 2.31. The Bertz CT molecular complexity index is 1070. The topological polar surface area (TPSA) is 122 Å². The van der Waals surface area contributed by atoms with Gasteiger partial charge >= 0.3 is 5.69 Å². The van der Waals surface area contributed by atoms with Gasteiger partial charge in [-0.1, -0.05) is 18.2 Å². The summed E-state index contributed by atoms with van der Waals surface area (Å²) in [4.78, 5) is 31.3. The summed E-state index contributed by atoms with van der Waals surface area (Å²) in [5.41, 5.74) is 7.58. The number of benzene rings is 2. The van der Waals surface area contributed by atoms with E-state index in [1.807, 2.05) is 32.0 Å². The fourth-order valence-corrected chi connectivity index (χ4v) is 3.21. The van der Waals surface area contributed by atoms with Gasteiger partial charge in [0.25, 0.3) is 5.91 Å². The van der Waals surface area contributed by atoms with Gasteiger partial charge in [0.2, 0.25) is 11.6 Å². The molecule has 0 bridgehead atoms. The summed E-state index contributed by atoms with van der Waals surface area (Å²) >= 11 is 3.29. The van der Waals surface area contributed by atoms with Gasteiger partial charge in [-0.2, -0.15) is 0 Å². The molecule has 9 nitrogen and oxygen atoms in total. The quantitative estimate of drug-likeness (QED) is 0.373. The molecule has 0 aliphatic carbocycles. The summed E-state index contributed by atoms with van der Waals surface area (Å²) in [5, 5.41) is 14.6. The number of nitrogens with one attached hydrogen (secondary N) is 3. The summed E-state index contributed by atoms with van der Waals surface area (Å²) in [5.74, 6) is -0.612. The maximum atomic E-state index is 12.3. The van der Waals surface area contributed by atoms with E-state index in [4.69, 9.17) is 0 Å². The second-order valence-corrected chi connectivity index (χ2v) is 7.09. The minimum absolute atomic E-state index is 0.00707. The second-order valence-electron chi connectivity index (χ2n) is 6.24. The van der Waals surface area contributed by atoms with Crippen LogP contribution in [0.1, 0.15) is 21.5 Å². The Kier molecular flexibility index (Phi) is 6.03. The van der Waals surface area contributed by atoms with Crippen LogP contribution in [-0.2, 0) is 0 Å². The third kappa shape index (κ3) is 4.85. The van der Waals surface area contributed by atoms with Crippen molar-refractivity contribution in [2.75, 3.05) is 10.7 Å². The van der Waals surface area contributed by atoms with Crippen molar-refractivity contribution in [3.05, 3.63) is 80.1 Å². The smallest absolute Gasteiger partial charge is 0.334 e. The van der Waals surface area contributed by atoms with Gasteiger partial charge < -0.3 is 5.32 Å². The lowest BCUT2D eigenvalue weighted by atomic mass is 10.1. The van der Waals surface area contributed by atoms with Crippen LogP contribution in [0.25, 0.3) is 0 Å². The van der Waals surface area contributed by atoms with Crippen LogP contribution >= 0.6 is 15.9 Å². The summed E-state index contributed by atoms with van der Waals surface area (Å²) < 4.78 is 0.591. The number of carbonyl (C=O) groups is 1. The zero-order valence-electron chi connectivity index (χ0n) is 15.6. The number of hydrogen-bond donors (Lipinski definition) is 3. The van der Waals surface area contributed by atoms with E-state index in [2.05, 4.69) is 42.1 Å². The Morgan fingerprint density at radius 2 is 1.72 bits per heavy atom. The predicted molar refractivity (Wildman–Crippen MR) is 113 cm³/mol. The predicted octanol–water partition coefficient (Wildman–Crippen LogP) is 4.26. The molecule has 29 heavy (non-hydrogen) atoms.